The number of carbonyl (C=O) groups excluding carboxylic acids is 2. The average molecular weight is 598 g/mol. The van der Waals surface area contributed by atoms with E-state index in [1.807, 2.05) is 87.5 Å². The Labute approximate surface area is 255 Å². The fourth-order valence-electron chi connectivity index (χ4n) is 5.10. The molecular formula is C35H39N3O4S. The predicted molar refractivity (Wildman–Crippen MR) is 171 cm³/mol. The van der Waals surface area contributed by atoms with E-state index < -0.39 is 28.5 Å². The third kappa shape index (κ3) is 7.51. The summed E-state index contributed by atoms with van der Waals surface area (Å²) < 4.78 is 29.6. The standard InChI is InChI=1S/C35H39N3O4S/c1-5-29-16-11-12-18-32(29)38(43(41,42)31-21-19-26(2)20-22-31)25-34(39)37(24-30-17-10-9-13-27(30)3)33(35(40)36-4)23-28-14-7-6-8-15-28/h6-22,33H,5,23-25H2,1-4H3,(H,36,40)/t33-/m0/s1. The highest BCUT2D eigenvalue weighted by Gasteiger charge is 2.35. The molecule has 4 rings (SSSR count). The van der Waals surface area contributed by atoms with Gasteiger partial charge in [0, 0.05) is 20.0 Å². The molecule has 1 atom stereocenters. The summed E-state index contributed by atoms with van der Waals surface area (Å²) in [5.41, 5.74) is 4.89. The molecular weight excluding hydrogens is 558 g/mol. The van der Waals surface area contributed by atoms with Crippen molar-refractivity contribution in [1.29, 1.82) is 0 Å². The van der Waals surface area contributed by atoms with Crippen LogP contribution < -0.4 is 9.62 Å². The third-order valence-electron chi connectivity index (χ3n) is 7.65. The number of hydrogen-bond acceptors (Lipinski definition) is 4. The van der Waals surface area contributed by atoms with E-state index in [4.69, 9.17) is 0 Å². The van der Waals surface area contributed by atoms with Crippen LogP contribution in [-0.2, 0) is 39.0 Å². The number of aryl methyl sites for hydroxylation is 3. The van der Waals surface area contributed by atoms with Crippen LogP contribution >= 0.6 is 0 Å². The molecule has 0 aliphatic carbocycles. The van der Waals surface area contributed by atoms with Gasteiger partial charge in [0.25, 0.3) is 10.0 Å². The minimum atomic E-state index is -4.14. The number of benzene rings is 4. The van der Waals surface area contributed by atoms with E-state index in [-0.39, 0.29) is 23.8 Å². The molecule has 2 amide bonds. The second-order valence-corrected chi connectivity index (χ2v) is 12.4. The lowest BCUT2D eigenvalue weighted by molar-refractivity contribution is -0.139. The van der Waals surface area contributed by atoms with Crippen molar-refractivity contribution in [3.05, 3.63) is 131 Å². The molecule has 0 radical (unpaired) electrons. The van der Waals surface area contributed by atoms with Gasteiger partial charge in [0.2, 0.25) is 11.8 Å². The maximum absolute atomic E-state index is 14.5. The summed E-state index contributed by atoms with van der Waals surface area (Å²) in [6.07, 6.45) is 0.848. The summed E-state index contributed by atoms with van der Waals surface area (Å²) >= 11 is 0. The predicted octanol–water partition coefficient (Wildman–Crippen LogP) is 5.45. The van der Waals surface area contributed by atoms with E-state index in [0.717, 1.165) is 27.8 Å². The highest BCUT2D eigenvalue weighted by Crippen LogP contribution is 2.29. The Kier molecular flexibility index (Phi) is 10.4. The van der Waals surface area contributed by atoms with Crippen molar-refractivity contribution in [2.75, 3.05) is 17.9 Å². The van der Waals surface area contributed by atoms with Crippen LogP contribution in [0.3, 0.4) is 0 Å². The van der Waals surface area contributed by atoms with Gasteiger partial charge in [-0.2, -0.15) is 0 Å². The zero-order valence-electron chi connectivity index (χ0n) is 25.2. The van der Waals surface area contributed by atoms with Crippen LogP contribution in [0.5, 0.6) is 0 Å². The fraction of sp³-hybridized carbons (Fsp3) is 0.257. The van der Waals surface area contributed by atoms with E-state index >= 15 is 0 Å². The molecule has 0 unspecified atom stereocenters. The maximum atomic E-state index is 14.5. The number of carbonyl (C=O) groups is 2. The molecule has 0 bridgehead atoms. The second kappa shape index (κ2) is 14.2. The van der Waals surface area contributed by atoms with Gasteiger partial charge >= 0.3 is 0 Å². The van der Waals surface area contributed by atoms with E-state index in [0.29, 0.717) is 12.1 Å². The molecule has 0 saturated heterocycles. The van der Waals surface area contributed by atoms with Crippen LogP contribution in [0.15, 0.2) is 108 Å². The number of nitrogens with zero attached hydrogens (tertiary/aromatic N) is 2. The van der Waals surface area contributed by atoms with Crippen LogP contribution in [0.25, 0.3) is 0 Å². The zero-order valence-corrected chi connectivity index (χ0v) is 26.0. The van der Waals surface area contributed by atoms with Crippen LogP contribution in [0.2, 0.25) is 0 Å². The van der Waals surface area contributed by atoms with Gasteiger partial charge in [-0.3, -0.25) is 13.9 Å². The molecule has 0 aliphatic heterocycles. The highest BCUT2D eigenvalue weighted by atomic mass is 32.2. The molecule has 4 aromatic carbocycles. The van der Waals surface area contributed by atoms with Gasteiger partial charge in [0.05, 0.1) is 10.6 Å². The van der Waals surface area contributed by atoms with Crippen LogP contribution in [0.1, 0.15) is 34.7 Å². The highest BCUT2D eigenvalue weighted by molar-refractivity contribution is 7.92. The van der Waals surface area contributed by atoms with E-state index in [1.165, 1.54) is 9.21 Å². The van der Waals surface area contributed by atoms with Crippen LogP contribution in [0, 0.1) is 13.8 Å². The van der Waals surface area contributed by atoms with Crippen molar-refractivity contribution in [2.24, 2.45) is 0 Å². The SMILES string of the molecule is CCc1ccccc1N(CC(=O)N(Cc1ccccc1C)[C@@H](Cc1ccccc1)C(=O)NC)S(=O)(=O)c1ccc(C)cc1. The summed E-state index contributed by atoms with van der Waals surface area (Å²) in [6, 6.07) is 30.1. The minimum Gasteiger partial charge on any atom is -0.357 e. The number of sulfonamides is 1. The lowest BCUT2D eigenvalue weighted by atomic mass is 10.0. The number of hydrogen-bond donors (Lipinski definition) is 1. The number of likely N-dealkylation sites (N-methyl/N-ethyl adjacent to an activating group) is 1. The molecule has 0 saturated carbocycles. The molecule has 0 heterocycles. The van der Waals surface area contributed by atoms with Crippen molar-refractivity contribution >= 4 is 27.5 Å². The Morgan fingerprint density at radius 2 is 1.40 bits per heavy atom. The van der Waals surface area contributed by atoms with E-state index in [9.17, 15) is 18.0 Å². The third-order valence-corrected chi connectivity index (χ3v) is 9.42. The number of amides is 2. The second-order valence-electron chi connectivity index (χ2n) is 10.6. The van der Waals surface area contributed by atoms with Crippen molar-refractivity contribution in [2.45, 2.75) is 51.1 Å². The first-order chi connectivity index (χ1) is 20.6. The number of anilines is 1. The fourth-order valence-corrected chi connectivity index (χ4v) is 6.55. The van der Waals surface area contributed by atoms with Gasteiger partial charge < -0.3 is 10.2 Å². The molecule has 224 valence electrons. The molecule has 8 heteroatoms. The first-order valence-corrected chi connectivity index (χ1v) is 15.9. The Morgan fingerprint density at radius 3 is 2.02 bits per heavy atom. The van der Waals surface area contributed by atoms with Crippen LogP contribution in [-0.4, -0.2) is 44.8 Å². The number of rotatable bonds is 12. The van der Waals surface area contributed by atoms with Gasteiger partial charge in [-0.05, 0) is 60.7 Å². The molecule has 7 nitrogen and oxygen atoms in total. The van der Waals surface area contributed by atoms with E-state index in [1.54, 1.807) is 43.4 Å². The van der Waals surface area contributed by atoms with Gasteiger partial charge in [-0.1, -0.05) is 97.4 Å². The van der Waals surface area contributed by atoms with Crippen molar-refractivity contribution in [3.8, 4) is 0 Å². The normalized spacial score (nSPS) is 11.9. The maximum Gasteiger partial charge on any atom is 0.264 e. The Morgan fingerprint density at radius 1 is 0.791 bits per heavy atom. The molecule has 0 spiro atoms. The van der Waals surface area contributed by atoms with Crippen molar-refractivity contribution < 1.29 is 18.0 Å². The minimum absolute atomic E-state index is 0.0920. The lowest BCUT2D eigenvalue weighted by Gasteiger charge is -2.34. The topological polar surface area (TPSA) is 86.8 Å². The van der Waals surface area contributed by atoms with E-state index in [2.05, 4.69) is 5.32 Å². The Balaban J connectivity index is 1.82. The summed E-state index contributed by atoms with van der Waals surface area (Å²) in [5.74, 6) is -0.804. The average Bonchev–Trinajstić information content (AvgIpc) is 3.02. The summed E-state index contributed by atoms with van der Waals surface area (Å²) in [7, 11) is -2.59. The lowest BCUT2D eigenvalue weighted by Crippen LogP contribution is -2.53. The van der Waals surface area contributed by atoms with Gasteiger partial charge in [0.15, 0.2) is 0 Å². The largest absolute Gasteiger partial charge is 0.357 e. The number of nitrogens with one attached hydrogen (secondary N) is 1. The molecule has 43 heavy (non-hydrogen) atoms. The van der Waals surface area contributed by atoms with Crippen LogP contribution in [0.4, 0.5) is 5.69 Å². The van der Waals surface area contributed by atoms with Gasteiger partial charge in [-0.25, -0.2) is 8.42 Å². The Hall–Kier alpha value is -4.43. The molecule has 0 aliphatic rings. The van der Waals surface area contributed by atoms with Gasteiger partial charge in [-0.15, -0.1) is 0 Å². The summed E-state index contributed by atoms with van der Waals surface area (Å²) in [4.78, 5) is 29.5. The zero-order chi connectivity index (χ0) is 31.0. The number of para-hydroxylation sites is 1. The molecule has 4 aromatic rings. The molecule has 0 aromatic heterocycles. The molecule has 0 fully saturated rings. The monoisotopic (exact) mass is 597 g/mol. The van der Waals surface area contributed by atoms with Gasteiger partial charge in [0.1, 0.15) is 12.6 Å². The smallest absolute Gasteiger partial charge is 0.264 e. The first-order valence-electron chi connectivity index (χ1n) is 14.4. The van der Waals surface area contributed by atoms with Crippen molar-refractivity contribution in [3.63, 3.8) is 0 Å². The Bertz CT molecular complexity index is 1650. The first kappa shape index (κ1) is 31.5. The quantitative estimate of drug-likeness (QED) is 0.235. The van der Waals surface area contributed by atoms with Crippen molar-refractivity contribution in [1.82, 2.24) is 10.2 Å². The molecule has 1 N–H and O–H groups in total. The summed E-state index contributed by atoms with van der Waals surface area (Å²) in [5, 5.41) is 2.72. The summed E-state index contributed by atoms with van der Waals surface area (Å²) in [6.45, 7) is 5.46.